The second-order valence-electron chi connectivity index (χ2n) is 6.59. The number of morpholine rings is 1. The number of aromatic nitrogens is 2. The van der Waals surface area contributed by atoms with Gasteiger partial charge in [-0.15, -0.1) is 0 Å². The standard InChI is InChI=1S/C19H23N5O3/c20-16-2-1-13(27-14-3-6-26-11-14)9-15(16)19(21)17-10-18(23-12-22-17)24-4-7-25-8-5-24/h1-2,9-10,12,14,21H,3-8,11,20H2/t14-/m1/s1. The quantitative estimate of drug-likeness (QED) is 0.607. The molecular weight excluding hydrogens is 346 g/mol. The molecule has 2 aliphatic rings. The highest BCUT2D eigenvalue weighted by Crippen LogP contribution is 2.25. The van der Waals surface area contributed by atoms with E-state index in [4.69, 9.17) is 25.4 Å². The van der Waals surface area contributed by atoms with E-state index in [9.17, 15) is 0 Å². The van der Waals surface area contributed by atoms with Crippen molar-refractivity contribution in [2.24, 2.45) is 0 Å². The van der Waals surface area contributed by atoms with Crippen LogP contribution in [0, 0.1) is 5.41 Å². The maximum absolute atomic E-state index is 8.61. The minimum atomic E-state index is 0.0441. The molecule has 1 aromatic carbocycles. The fourth-order valence-electron chi connectivity index (χ4n) is 3.21. The number of rotatable bonds is 5. The van der Waals surface area contributed by atoms with Gasteiger partial charge in [0, 0.05) is 36.8 Å². The van der Waals surface area contributed by atoms with Crippen molar-refractivity contribution in [2.45, 2.75) is 12.5 Å². The van der Waals surface area contributed by atoms with Crippen molar-refractivity contribution in [3.63, 3.8) is 0 Å². The summed E-state index contributed by atoms with van der Waals surface area (Å²) in [5.41, 5.74) is 8.01. The number of anilines is 2. The van der Waals surface area contributed by atoms with E-state index in [0.717, 1.165) is 25.3 Å². The predicted molar refractivity (Wildman–Crippen MR) is 102 cm³/mol. The predicted octanol–water partition coefficient (Wildman–Crippen LogP) is 1.48. The number of ether oxygens (including phenoxy) is 3. The van der Waals surface area contributed by atoms with Crippen LogP contribution in [0.1, 0.15) is 17.7 Å². The van der Waals surface area contributed by atoms with Gasteiger partial charge >= 0.3 is 0 Å². The van der Waals surface area contributed by atoms with Gasteiger partial charge in [0.15, 0.2) is 0 Å². The van der Waals surface area contributed by atoms with Gasteiger partial charge in [0.05, 0.1) is 37.8 Å². The van der Waals surface area contributed by atoms with Crippen LogP contribution in [-0.2, 0) is 9.47 Å². The van der Waals surface area contributed by atoms with E-state index in [1.54, 1.807) is 12.1 Å². The summed E-state index contributed by atoms with van der Waals surface area (Å²) in [6.07, 6.45) is 2.40. The molecular formula is C19H23N5O3. The van der Waals surface area contributed by atoms with Crippen molar-refractivity contribution in [1.82, 2.24) is 9.97 Å². The molecule has 27 heavy (non-hydrogen) atoms. The molecule has 2 fully saturated rings. The monoisotopic (exact) mass is 369 g/mol. The third kappa shape index (κ3) is 4.01. The van der Waals surface area contributed by atoms with E-state index in [0.29, 0.717) is 49.1 Å². The Balaban J connectivity index is 1.56. The van der Waals surface area contributed by atoms with Gasteiger partial charge in [-0.3, -0.25) is 5.41 Å². The fraction of sp³-hybridized carbons (Fsp3) is 0.421. The lowest BCUT2D eigenvalue weighted by molar-refractivity contribution is 0.122. The third-order valence-electron chi connectivity index (χ3n) is 4.73. The zero-order valence-corrected chi connectivity index (χ0v) is 15.1. The van der Waals surface area contributed by atoms with E-state index in [1.165, 1.54) is 6.33 Å². The molecule has 4 rings (SSSR count). The molecule has 0 aliphatic carbocycles. The number of nitrogens with two attached hydrogens (primary N) is 1. The van der Waals surface area contributed by atoms with Crippen LogP contribution >= 0.6 is 0 Å². The van der Waals surface area contributed by atoms with Gasteiger partial charge < -0.3 is 24.8 Å². The largest absolute Gasteiger partial charge is 0.488 e. The second-order valence-corrected chi connectivity index (χ2v) is 6.59. The van der Waals surface area contributed by atoms with Crippen LogP contribution in [0.3, 0.4) is 0 Å². The molecule has 0 spiro atoms. The number of hydrogen-bond acceptors (Lipinski definition) is 8. The summed E-state index contributed by atoms with van der Waals surface area (Å²) >= 11 is 0. The Morgan fingerprint density at radius 2 is 2.00 bits per heavy atom. The van der Waals surface area contributed by atoms with Crippen LogP contribution in [0.4, 0.5) is 11.5 Å². The molecule has 2 saturated heterocycles. The normalized spacial score (nSPS) is 19.9. The molecule has 2 aliphatic heterocycles. The average Bonchev–Trinajstić information content (AvgIpc) is 3.23. The van der Waals surface area contributed by atoms with E-state index in [1.807, 2.05) is 12.1 Å². The van der Waals surface area contributed by atoms with E-state index in [-0.39, 0.29) is 11.8 Å². The first-order valence-corrected chi connectivity index (χ1v) is 9.08. The average molecular weight is 369 g/mol. The first-order chi connectivity index (χ1) is 13.2. The summed E-state index contributed by atoms with van der Waals surface area (Å²) < 4.78 is 16.7. The molecule has 0 saturated carbocycles. The molecule has 142 valence electrons. The maximum Gasteiger partial charge on any atom is 0.132 e. The summed E-state index contributed by atoms with van der Waals surface area (Å²) in [7, 11) is 0. The minimum Gasteiger partial charge on any atom is -0.488 e. The Morgan fingerprint density at radius 3 is 2.78 bits per heavy atom. The number of hydrogen-bond donors (Lipinski definition) is 2. The molecule has 1 atom stereocenters. The molecule has 0 radical (unpaired) electrons. The molecule has 8 nitrogen and oxygen atoms in total. The van der Waals surface area contributed by atoms with Crippen LogP contribution < -0.4 is 15.4 Å². The Labute approximate surface area is 157 Å². The molecule has 0 unspecified atom stereocenters. The van der Waals surface area contributed by atoms with Gasteiger partial charge in [-0.1, -0.05) is 0 Å². The highest BCUT2D eigenvalue weighted by molar-refractivity contribution is 6.13. The molecule has 3 N–H and O–H groups in total. The summed E-state index contributed by atoms with van der Waals surface area (Å²) in [6.45, 7) is 4.21. The lowest BCUT2D eigenvalue weighted by Gasteiger charge is -2.27. The Kier molecular flexibility index (Phi) is 5.17. The summed E-state index contributed by atoms with van der Waals surface area (Å²) in [5.74, 6) is 1.48. The lowest BCUT2D eigenvalue weighted by atomic mass is 10.0. The van der Waals surface area contributed by atoms with Crippen molar-refractivity contribution in [3.05, 3.63) is 41.9 Å². The van der Waals surface area contributed by atoms with Crippen LogP contribution in [0.2, 0.25) is 0 Å². The highest BCUT2D eigenvalue weighted by atomic mass is 16.5. The van der Waals surface area contributed by atoms with E-state index < -0.39 is 0 Å². The molecule has 0 amide bonds. The van der Waals surface area contributed by atoms with Crippen LogP contribution in [0.25, 0.3) is 0 Å². The molecule has 2 aromatic rings. The van der Waals surface area contributed by atoms with Gasteiger partial charge in [-0.25, -0.2) is 9.97 Å². The minimum absolute atomic E-state index is 0.0441. The summed E-state index contributed by atoms with van der Waals surface area (Å²) in [4.78, 5) is 10.7. The number of benzene rings is 1. The lowest BCUT2D eigenvalue weighted by Crippen LogP contribution is -2.36. The van der Waals surface area contributed by atoms with Gasteiger partial charge in [0.25, 0.3) is 0 Å². The van der Waals surface area contributed by atoms with Crippen LogP contribution in [0.15, 0.2) is 30.6 Å². The zero-order chi connectivity index (χ0) is 18.6. The SMILES string of the molecule is N=C(c1cc(N2CCOCC2)ncn1)c1cc(O[C@@H]2CCOC2)ccc1N. The van der Waals surface area contributed by atoms with E-state index >= 15 is 0 Å². The van der Waals surface area contributed by atoms with Crippen LogP contribution in [-0.4, -0.2) is 61.3 Å². The first kappa shape index (κ1) is 17.7. The Hall–Kier alpha value is -2.71. The smallest absolute Gasteiger partial charge is 0.132 e. The molecule has 1 aromatic heterocycles. The van der Waals surface area contributed by atoms with E-state index in [2.05, 4.69) is 14.9 Å². The van der Waals surface area contributed by atoms with Crippen molar-refractivity contribution in [1.29, 1.82) is 5.41 Å². The topological polar surface area (TPSA) is 107 Å². The van der Waals surface area contributed by atoms with Gasteiger partial charge in [-0.2, -0.15) is 0 Å². The molecule has 3 heterocycles. The molecule has 0 bridgehead atoms. The Morgan fingerprint density at radius 1 is 1.15 bits per heavy atom. The number of nitrogens with one attached hydrogen (secondary N) is 1. The van der Waals surface area contributed by atoms with Gasteiger partial charge in [-0.05, 0) is 18.2 Å². The highest BCUT2D eigenvalue weighted by Gasteiger charge is 2.19. The van der Waals surface area contributed by atoms with Gasteiger partial charge in [0.2, 0.25) is 0 Å². The van der Waals surface area contributed by atoms with Crippen molar-refractivity contribution in [3.8, 4) is 5.75 Å². The third-order valence-corrected chi connectivity index (χ3v) is 4.73. The zero-order valence-electron chi connectivity index (χ0n) is 15.1. The summed E-state index contributed by atoms with van der Waals surface area (Å²) in [6, 6.07) is 7.21. The number of nitrogen functional groups attached to an aromatic ring is 1. The molecule has 8 heteroatoms. The fourth-order valence-corrected chi connectivity index (χ4v) is 3.21. The Bertz CT molecular complexity index is 817. The van der Waals surface area contributed by atoms with Crippen LogP contribution in [0.5, 0.6) is 5.75 Å². The number of nitrogens with zero attached hydrogens (tertiary/aromatic N) is 3. The summed E-state index contributed by atoms with van der Waals surface area (Å²) in [5, 5.41) is 8.61. The van der Waals surface area contributed by atoms with Gasteiger partial charge in [0.1, 0.15) is 24.0 Å². The van der Waals surface area contributed by atoms with Crippen molar-refractivity contribution < 1.29 is 14.2 Å². The van der Waals surface area contributed by atoms with Crippen molar-refractivity contribution >= 4 is 17.2 Å². The second kappa shape index (κ2) is 7.89. The first-order valence-electron chi connectivity index (χ1n) is 9.08. The van der Waals surface area contributed by atoms with Crippen molar-refractivity contribution in [2.75, 3.05) is 50.2 Å². The maximum atomic E-state index is 8.61.